The number of nitrogens with one attached hydrogen (secondary N) is 1. The minimum absolute atomic E-state index is 0.190. The number of pyridine rings is 1. The van der Waals surface area contributed by atoms with Crippen molar-refractivity contribution in [3.8, 4) is 11.3 Å². The summed E-state index contributed by atoms with van der Waals surface area (Å²) in [6, 6.07) is 15.3. The fourth-order valence-electron chi connectivity index (χ4n) is 8.34. The Labute approximate surface area is 313 Å². The maximum absolute atomic E-state index is 14.8. The summed E-state index contributed by atoms with van der Waals surface area (Å²) in [4.78, 5) is 43.2. The van der Waals surface area contributed by atoms with Gasteiger partial charge in [0.2, 0.25) is 11.8 Å². The van der Waals surface area contributed by atoms with Crippen LogP contribution < -0.4 is 15.1 Å². The molecule has 5 aromatic rings. The number of nitrogens with zero attached hydrogens (tertiary/aromatic N) is 8. The van der Waals surface area contributed by atoms with Gasteiger partial charge in [-0.1, -0.05) is 34.1 Å². The van der Waals surface area contributed by atoms with Crippen LogP contribution in [0.4, 0.5) is 20.4 Å². The standard InChI is InChI=1S/C39H38BrF2N9O2/c40-37-25(7-6-24-22-49(23-29(24)37)33-10-11-36(52)46-39(33)53)21-47-15-17-48(18-16-47)34-5-1-3-31(44-34)28-20-43-51-14-12-35(45-38(28)51)50-13-2-4-32(50)27-19-26(41)8-9-30(27)42/h1,3,5-9,12,14,19-20,32-33H,2,4,10-11,13,15-18,21-23H2,(H,46,52,53)/t32-,33?/m1/s1. The van der Waals surface area contributed by atoms with Crippen molar-refractivity contribution in [3.63, 3.8) is 0 Å². The lowest BCUT2D eigenvalue weighted by Gasteiger charge is -2.35. The predicted molar refractivity (Wildman–Crippen MR) is 199 cm³/mol. The van der Waals surface area contributed by atoms with Crippen molar-refractivity contribution in [3.05, 3.63) is 105 Å². The van der Waals surface area contributed by atoms with Crippen LogP contribution in [0.1, 0.15) is 54.0 Å². The van der Waals surface area contributed by atoms with Gasteiger partial charge in [0.15, 0.2) is 5.65 Å². The summed E-state index contributed by atoms with van der Waals surface area (Å²) < 4.78 is 31.7. The summed E-state index contributed by atoms with van der Waals surface area (Å²) in [5.74, 6) is 0.347. The van der Waals surface area contributed by atoms with Crippen molar-refractivity contribution in [1.82, 2.24) is 34.7 Å². The number of anilines is 2. The van der Waals surface area contributed by atoms with E-state index < -0.39 is 11.6 Å². The summed E-state index contributed by atoms with van der Waals surface area (Å²) in [6.07, 6.45) is 6.14. The van der Waals surface area contributed by atoms with Gasteiger partial charge in [0.1, 0.15) is 23.3 Å². The van der Waals surface area contributed by atoms with Crippen molar-refractivity contribution < 1.29 is 18.4 Å². The highest BCUT2D eigenvalue weighted by molar-refractivity contribution is 9.10. The number of amides is 2. The van der Waals surface area contributed by atoms with Crippen LogP contribution in [0.5, 0.6) is 0 Å². The lowest BCUT2D eigenvalue weighted by atomic mass is 10.0. The lowest BCUT2D eigenvalue weighted by Crippen LogP contribution is -2.50. The molecule has 1 N–H and O–H groups in total. The quantitative estimate of drug-likeness (QED) is 0.211. The van der Waals surface area contributed by atoms with Crippen LogP contribution >= 0.6 is 15.9 Å². The molecule has 1 unspecified atom stereocenters. The Morgan fingerprint density at radius 3 is 2.60 bits per heavy atom. The lowest BCUT2D eigenvalue weighted by molar-refractivity contribution is -0.137. The van der Waals surface area contributed by atoms with Gasteiger partial charge in [-0.25, -0.2) is 23.3 Å². The summed E-state index contributed by atoms with van der Waals surface area (Å²) in [6.45, 7) is 6.30. The van der Waals surface area contributed by atoms with E-state index in [0.29, 0.717) is 55.9 Å². The first-order valence-corrected chi connectivity index (χ1v) is 19.0. The molecular formula is C39H38BrF2N9O2. The average Bonchev–Trinajstić information content (AvgIpc) is 3.93. The Balaban J connectivity index is 0.872. The van der Waals surface area contributed by atoms with Gasteiger partial charge >= 0.3 is 0 Å². The fourth-order valence-corrected chi connectivity index (χ4v) is 8.98. The molecule has 272 valence electrons. The SMILES string of the molecule is O=C1CCC(N2Cc3ccc(CN4CCN(c5cccc(-c6cnn7ccc(N8CCC[C@@H]8c8cc(F)ccc8F)nc67)n5)CC4)c(Br)c3C2)C(=O)N1. The van der Waals surface area contributed by atoms with Crippen LogP contribution in [0, 0.1) is 11.6 Å². The van der Waals surface area contributed by atoms with Crippen LogP contribution in [0.3, 0.4) is 0 Å². The molecule has 3 saturated heterocycles. The molecule has 0 spiro atoms. The number of piperazine rings is 1. The van der Waals surface area contributed by atoms with E-state index in [1.807, 2.05) is 30.5 Å². The first-order chi connectivity index (χ1) is 25.8. The maximum Gasteiger partial charge on any atom is 0.243 e. The van der Waals surface area contributed by atoms with E-state index in [1.54, 1.807) is 10.7 Å². The Morgan fingerprint density at radius 2 is 1.75 bits per heavy atom. The molecule has 2 amide bonds. The monoisotopic (exact) mass is 781 g/mol. The predicted octanol–water partition coefficient (Wildman–Crippen LogP) is 5.62. The minimum atomic E-state index is -0.448. The topological polar surface area (TPSA) is 102 Å². The van der Waals surface area contributed by atoms with Gasteiger partial charge in [-0.2, -0.15) is 5.10 Å². The number of imide groups is 1. The Morgan fingerprint density at radius 1 is 0.887 bits per heavy atom. The highest BCUT2D eigenvalue weighted by Gasteiger charge is 2.36. The largest absolute Gasteiger partial charge is 0.354 e. The van der Waals surface area contributed by atoms with Gasteiger partial charge in [-0.05, 0) is 72.4 Å². The van der Waals surface area contributed by atoms with Crippen LogP contribution in [0.2, 0.25) is 0 Å². The van der Waals surface area contributed by atoms with Crippen molar-refractivity contribution in [2.75, 3.05) is 42.5 Å². The molecule has 3 fully saturated rings. The zero-order valence-corrected chi connectivity index (χ0v) is 30.6. The number of aromatic nitrogens is 4. The third-order valence-corrected chi connectivity index (χ3v) is 12.1. The third kappa shape index (κ3) is 6.46. The molecule has 4 aliphatic rings. The molecule has 11 nitrogen and oxygen atoms in total. The number of fused-ring (bicyclic) bond motifs is 2. The molecule has 3 aromatic heterocycles. The second-order valence-electron chi connectivity index (χ2n) is 14.3. The maximum atomic E-state index is 14.8. The Bertz CT molecular complexity index is 2240. The summed E-state index contributed by atoms with van der Waals surface area (Å²) in [5, 5.41) is 7.04. The van der Waals surface area contributed by atoms with E-state index in [-0.39, 0.29) is 23.9 Å². The van der Waals surface area contributed by atoms with Gasteiger partial charge in [0, 0.05) is 75.0 Å². The van der Waals surface area contributed by atoms with Gasteiger partial charge in [0.25, 0.3) is 0 Å². The van der Waals surface area contributed by atoms with E-state index in [2.05, 4.69) is 58.1 Å². The van der Waals surface area contributed by atoms with Gasteiger partial charge in [0.05, 0.1) is 29.5 Å². The minimum Gasteiger partial charge on any atom is -0.354 e. The van der Waals surface area contributed by atoms with Crippen molar-refractivity contribution in [1.29, 1.82) is 0 Å². The zero-order chi connectivity index (χ0) is 36.2. The van der Waals surface area contributed by atoms with Gasteiger partial charge in [-0.3, -0.25) is 24.7 Å². The summed E-state index contributed by atoms with van der Waals surface area (Å²) in [5.41, 5.74) is 6.25. The second-order valence-corrected chi connectivity index (χ2v) is 15.1. The third-order valence-electron chi connectivity index (χ3n) is 11.1. The highest BCUT2D eigenvalue weighted by Crippen LogP contribution is 2.38. The van der Waals surface area contributed by atoms with Crippen molar-refractivity contribution in [2.24, 2.45) is 0 Å². The van der Waals surface area contributed by atoms with E-state index in [4.69, 9.17) is 9.97 Å². The number of hydrogen-bond donors (Lipinski definition) is 1. The zero-order valence-electron chi connectivity index (χ0n) is 29.0. The van der Waals surface area contributed by atoms with Crippen LogP contribution in [-0.2, 0) is 29.2 Å². The number of benzene rings is 2. The molecule has 0 aliphatic carbocycles. The molecule has 0 bridgehead atoms. The van der Waals surface area contributed by atoms with E-state index in [0.717, 1.165) is 66.8 Å². The first-order valence-electron chi connectivity index (χ1n) is 18.2. The van der Waals surface area contributed by atoms with Crippen molar-refractivity contribution in [2.45, 2.75) is 57.4 Å². The number of halogens is 3. The average molecular weight is 783 g/mol. The second kappa shape index (κ2) is 13.9. The van der Waals surface area contributed by atoms with Gasteiger partial charge < -0.3 is 9.80 Å². The number of piperidine rings is 1. The Hall–Kier alpha value is -4.79. The number of rotatable bonds is 7. The van der Waals surface area contributed by atoms with Crippen molar-refractivity contribution >= 4 is 45.0 Å². The summed E-state index contributed by atoms with van der Waals surface area (Å²) >= 11 is 3.90. The number of carbonyl (C=O) groups is 2. The highest BCUT2D eigenvalue weighted by atomic mass is 79.9. The molecule has 7 heterocycles. The molecule has 9 rings (SSSR count). The van der Waals surface area contributed by atoms with Crippen LogP contribution in [0.15, 0.2) is 71.5 Å². The molecular weight excluding hydrogens is 744 g/mol. The first kappa shape index (κ1) is 34.0. The molecule has 0 radical (unpaired) electrons. The molecule has 2 aromatic carbocycles. The molecule has 2 atom stereocenters. The van der Waals surface area contributed by atoms with E-state index in [1.165, 1.54) is 28.8 Å². The van der Waals surface area contributed by atoms with E-state index >= 15 is 0 Å². The Kier molecular flexibility index (Phi) is 8.91. The molecule has 0 saturated carbocycles. The summed E-state index contributed by atoms with van der Waals surface area (Å²) in [7, 11) is 0. The fraction of sp³-hybridized carbons (Fsp3) is 0.359. The molecule has 14 heteroatoms. The molecule has 53 heavy (non-hydrogen) atoms. The van der Waals surface area contributed by atoms with Crippen LogP contribution in [-0.4, -0.2) is 80.0 Å². The van der Waals surface area contributed by atoms with Crippen LogP contribution in [0.25, 0.3) is 16.9 Å². The number of hydrogen-bond acceptors (Lipinski definition) is 9. The normalized spacial score (nSPS) is 21.1. The number of carbonyl (C=O) groups excluding carboxylic acids is 2. The smallest absolute Gasteiger partial charge is 0.243 e. The molecule has 4 aliphatic heterocycles. The van der Waals surface area contributed by atoms with Gasteiger partial charge in [-0.15, -0.1) is 0 Å². The van der Waals surface area contributed by atoms with E-state index in [9.17, 15) is 18.4 Å².